The van der Waals surface area contributed by atoms with Crippen LogP contribution in [0, 0.1) is 0 Å². The highest BCUT2D eigenvalue weighted by atomic mass is 35.5. The van der Waals surface area contributed by atoms with Gasteiger partial charge in [0.15, 0.2) is 5.17 Å². The van der Waals surface area contributed by atoms with Crippen LogP contribution >= 0.6 is 23.4 Å². The molecule has 3 aromatic rings. The van der Waals surface area contributed by atoms with Crippen LogP contribution in [0.3, 0.4) is 0 Å². The summed E-state index contributed by atoms with van der Waals surface area (Å²) in [7, 11) is 0. The van der Waals surface area contributed by atoms with Crippen molar-refractivity contribution >= 4 is 51.4 Å². The first kappa shape index (κ1) is 17.8. The molecule has 0 aliphatic carbocycles. The number of carbonyl (C=O) groups excluding carboxylic acids is 1. The molecular weight excluding hydrogens is 378 g/mol. The minimum atomic E-state index is -0.210. The van der Waals surface area contributed by atoms with Crippen molar-refractivity contribution in [1.29, 1.82) is 0 Å². The number of rotatable bonds is 4. The zero-order chi connectivity index (χ0) is 18.6. The van der Waals surface area contributed by atoms with Crippen molar-refractivity contribution in [3.63, 3.8) is 0 Å². The molecule has 1 atom stereocenters. The Kier molecular flexibility index (Phi) is 5.23. The number of carbonyl (C=O) groups is 1. The molecule has 1 saturated heterocycles. The second-order valence-electron chi connectivity index (χ2n) is 6.14. The van der Waals surface area contributed by atoms with Crippen LogP contribution in [0.1, 0.15) is 11.1 Å². The van der Waals surface area contributed by atoms with Gasteiger partial charge in [0.2, 0.25) is 5.91 Å². The highest BCUT2D eigenvalue weighted by Gasteiger charge is 2.30. The van der Waals surface area contributed by atoms with Crippen molar-refractivity contribution in [2.45, 2.75) is 11.7 Å². The predicted molar refractivity (Wildman–Crippen MR) is 114 cm³/mol. The van der Waals surface area contributed by atoms with Gasteiger partial charge < -0.3 is 5.32 Å². The molecule has 3 aromatic carbocycles. The topological polar surface area (TPSA) is 53.8 Å². The minimum Gasteiger partial charge on any atom is -0.303 e. The number of hydrogen-bond donors (Lipinski definition) is 1. The lowest BCUT2D eigenvalue weighted by Crippen LogP contribution is -2.25. The van der Waals surface area contributed by atoms with Gasteiger partial charge in [-0.05, 0) is 34.9 Å². The van der Waals surface area contributed by atoms with Gasteiger partial charge in [-0.1, -0.05) is 78.0 Å². The van der Waals surface area contributed by atoms with Crippen LogP contribution in [0.4, 0.5) is 0 Å². The Hall–Kier alpha value is -2.63. The lowest BCUT2D eigenvalue weighted by Gasteiger charge is -2.05. The van der Waals surface area contributed by atoms with Gasteiger partial charge in [-0.25, -0.2) is 0 Å². The van der Waals surface area contributed by atoms with Gasteiger partial charge in [-0.15, -0.1) is 5.10 Å². The molecule has 1 aliphatic heterocycles. The van der Waals surface area contributed by atoms with E-state index < -0.39 is 0 Å². The van der Waals surface area contributed by atoms with Gasteiger partial charge in [0.25, 0.3) is 0 Å². The van der Waals surface area contributed by atoms with Gasteiger partial charge in [0, 0.05) is 10.6 Å². The fourth-order valence-electron chi connectivity index (χ4n) is 2.93. The summed E-state index contributed by atoms with van der Waals surface area (Å²) in [6, 6.07) is 21.7. The molecule has 4 rings (SSSR count). The third-order valence-electron chi connectivity index (χ3n) is 4.28. The molecule has 1 fully saturated rings. The number of benzene rings is 3. The molecule has 0 saturated carbocycles. The van der Waals surface area contributed by atoms with E-state index in [9.17, 15) is 4.79 Å². The molecule has 0 radical (unpaired) electrons. The van der Waals surface area contributed by atoms with E-state index in [1.54, 1.807) is 6.21 Å². The van der Waals surface area contributed by atoms with Gasteiger partial charge in [0.1, 0.15) is 0 Å². The number of nitrogens with one attached hydrogen (secondary N) is 1. The number of fused-ring (bicyclic) bond motifs is 1. The van der Waals surface area contributed by atoms with Crippen molar-refractivity contribution in [1.82, 2.24) is 5.32 Å². The lowest BCUT2D eigenvalue weighted by atomic mass is 10.1. The van der Waals surface area contributed by atoms with E-state index in [2.05, 4.69) is 33.7 Å². The molecule has 0 spiro atoms. The molecule has 0 aromatic heterocycles. The maximum atomic E-state index is 12.2. The van der Waals surface area contributed by atoms with E-state index in [0.717, 1.165) is 21.9 Å². The summed E-state index contributed by atoms with van der Waals surface area (Å²) in [6.45, 7) is 0. The fraction of sp³-hybridized carbons (Fsp3) is 0.0952. The van der Waals surface area contributed by atoms with Gasteiger partial charge in [-0.3, -0.25) is 4.79 Å². The second-order valence-corrected chi connectivity index (χ2v) is 7.77. The molecule has 6 heteroatoms. The van der Waals surface area contributed by atoms with Crippen LogP contribution in [0.25, 0.3) is 10.8 Å². The standard InChI is InChI=1S/C21H16ClN3OS/c22-17-10-8-14(9-11-17)12-19-20(26)24-21(27-19)25-23-13-16-6-3-5-15-4-1-2-7-18(15)16/h1-11,13,19H,12H2,(H,24,25,26). The van der Waals surface area contributed by atoms with E-state index in [1.807, 2.05) is 48.5 Å². The third kappa shape index (κ3) is 4.21. The zero-order valence-corrected chi connectivity index (χ0v) is 15.9. The Balaban J connectivity index is 1.46. The molecule has 1 aliphatic rings. The molecule has 27 heavy (non-hydrogen) atoms. The van der Waals surface area contributed by atoms with Gasteiger partial charge >= 0.3 is 0 Å². The van der Waals surface area contributed by atoms with E-state index in [0.29, 0.717) is 16.6 Å². The van der Waals surface area contributed by atoms with Gasteiger partial charge in [0.05, 0.1) is 11.5 Å². The fourth-order valence-corrected chi connectivity index (χ4v) is 4.02. The van der Waals surface area contributed by atoms with Crippen LogP contribution < -0.4 is 5.32 Å². The summed E-state index contributed by atoms with van der Waals surface area (Å²) in [4.78, 5) is 12.2. The number of hydrogen-bond acceptors (Lipinski definition) is 4. The molecule has 0 bridgehead atoms. The van der Waals surface area contributed by atoms with Crippen molar-refractivity contribution in [3.8, 4) is 0 Å². The summed E-state index contributed by atoms with van der Waals surface area (Å²) >= 11 is 7.30. The van der Waals surface area contributed by atoms with Crippen molar-refractivity contribution in [2.75, 3.05) is 0 Å². The summed E-state index contributed by atoms with van der Waals surface area (Å²) in [5, 5.41) is 14.4. The van der Waals surface area contributed by atoms with Crippen molar-refractivity contribution < 1.29 is 4.79 Å². The number of thioether (sulfide) groups is 1. The van der Waals surface area contributed by atoms with Crippen molar-refractivity contribution in [3.05, 3.63) is 82.9 Å². The highest BCUT2D eigenvalue weighted by molar-refractivity contribution is 8.15. The number of amides is 1. The Bertz CT molecular complexity index is 1040. The average molecular weight is 394 g/mol. The molecule has 1 N–H and O–H groups in total. The first-order valence-electron chi connectivity index (χ1n) is 8.50. The van der Waals surface area contributed by atoms with Crippen LogP contribution in [-0.4, -0.2) is 22.5 Å². The molecule has 134 valence electrons. The van der Waals surface area contributed by atoms with Crippen LogP contribution in [0.15, 0.2) is 76.9 Å². The van der Waals surface area contributed by atoms with E-state index in [1.165, 1.54) is 11.8 Å². The molecule has 1 amide bonds. The Morgan fingerprint density at radius 1 is 1.04 bits per heavy atom. The zero-order valence-electron chi connectivity index (χ0n) is 14.3. The Morgan fingerprint density at radius 2 is 1.81 bits per heavy atom. The Labute approximate surface area is 166 Å². The first-order valence-corrected chi connectivity index (χ1v) is 9.75. The first-order chi connectivity index (χ1) is 13.2. The quantitative estimate of drug-likeness (QED) is 0.517. The minimum absolute atomic E-state index is 0.0472. The molecule has 4 nitrogen and oxygen atoms in total. The van der Waals surface area contributed by atoms with Crippen molar-refractivity contribution in [2.24, 2.45) is 10.2 Å². The maximum absolute atomic E-state index is 12.2. The number of amidine groups is 1. The monoisotopic (exact) mass is 393 g/mol. The lowest BCUT2D eigenvalue weighted by molar-refractivity contribution is -0.118. The summed E-state index contributed by atoms with van der Waals surface area (Å²) in [5.74, 6) is -0.0472. The largest absolute Gasteiger partial charge is 0.303 e. The van der Waals surface area contributed by atoms with Crippen LogP contribution in [0.5, 0.6) is 0 Å². The normalized spacial score (nSPS) is 18.5. The summed E-state index contributed by atoms with van der Waals surface area (Å²) in [6.07, 6.45) is 2.34. The highest BCUT2D eigenvalue weighted by Crippen LogP contribution is 2.24. The Morgan fingerprint density at radius 3 is 2.67 bits per heavy atom. The van der Waals surface area contributed by atoms with E-state index in [4.69, 9.17) is 11.6 Å². The molecule has 1 heterocycles. The molecule has 1 unspecified atom stereocenters. The average Bonchev–Trinajstić information content (AvgIpc) is 3.03. The third-order valence-corrected chi connectivity index (χ3v) is 5.60. The predicted octanol–water partition coefficient (Wildman–Crippen LogP) is 4.66. The smallest absolute Gasteiger partial charge is 0.239 e. The van der Waals surface area contributed by atoms with E-state index in [-0.39, 0.29) is 11.2 Å². The second kappa shape index (κ2) is 7.94. The SMILES string of the molecule is O=C1N/C(=N/N=Cc2cccc3ccccc23)SC1Cc1ccc(Cl)cc1. The van der Waals surface area contributed by atoms with Crippen LogP contribution in [0.2, 0.25) is 5.02 Å². The molecular formula is C21H16ClN3OS. The van der Waals surface area contributed by atoms with Gasteiger partial charge in [-0.2, -0.15) is 5.10 Å². The number of nitrogens with zero attached hydrogens (tertiary/aromatic N) is 2. The number of halogens is 1. The van der Waals surface area contributed by atoms with Crippen LogP contribution in [-0.2, 0) is 11.2 Å². The maximum Gasteiger partial charge on any atom is 0.239 e. The summed E-state index contributed by atoms with van der Waals surface area (Å²) < 4.78 is 0. The van der Waals surface area contributed by atoms with E-state index >= 15 is 0 Å². The summed E-state index contributed by atoms with van der Waals surface area (Å²) in [5.41, 5.74) is 2.05.